The van der Waals surface area contributed by atoms with Crippen LogP contribution in [0.4, 0.5) is 10.5 Å². The first kappa shape index (κ1) is 26.7. The summed E-state index contributed by atoms with van der Waals surface area (Å²) in [5.41, 5.74) is 0.926. The molecule has 3 N–H and O–H groups in total. The molecule has 2 heterocycles. The SMILES string of the molecule is CCCNC(=O)Nc1ccc2c(c1)C(=O)N(C)[C@H]1CC[C@@H](CC(=O)NCCCN(C)C)O[C@H]1CO2. The van der Waals surface area contributed by atoms with Gasteiger partial charge in [0.25, 0.3) is 5.91 Å². The van der Waals surface area contributed by atoms with E-state index in [1.165, 1.54) is 0 Å². The lowest BCUT2D eigenvalue weighted by Gasteiger charge is -2.42. The predicted molar refractivity (Wildman–Crippen MR) is 134 cm³/mol. The number of hydrogen-bond donors (Lipinski definition) is 3. The minimum absolute atomic E-state index is 0.0169. The largest absolute Gasteiger partial charge is 0.490 e. The maximum atomic E-state index is 13.3. The number of benzene rings is 1. The molecule has 0 aliphatic carbocycles. The summed E-state index contributed by atoms with van der Waals surface area (Å²) in [7, 11) is 5.78. The fourth-order valence-corrected chi connectivity index (χ4v) is 4.42. The van der Waals surface area contributed by atoms with Crippen LogP contribution in [0.15, 0.2) is 18.2 Å². The van der Waals surface area contributed by atoms with Crippen molar-refractivity contribution < 1.29 is 23.9 Å². The maximum Gasteiger partial charge on any atom is 0.319 e. The fourth-order valence-electron chi connectivity index (χ4n) is 4.42. The van der Waals surface area contributed by atoms with Crippen LogP contribution in [0, 0.1) is 0 Å². The zero-order valence-electron chi connectivity index (χ0n) is 21.3. The van der Waals surface area contributed by atoms with E-state index >= 15 is 0 Å². The van der Waals surface area contributed by atoms with Crippen LogP contribution < -0.4 is 20.7 Å². The van der Waals surface area contributed by atoms with Crippen LogP contribution in [0.5, 0.6) is 5.75 Å². The Morgan fingerprint density at radius 3 is 2.71 bits per heavy atom. The van der Waals surface area contributed by atoms with Gasteiger partial charge in [0.05, 0.1) is 24.1 Å². The average Bonchev–Trinajstić information content (AvgIpc) is 2.83. The van der Waals surface area contributed by atoms with Crippen LogP contribution in [0.1, 0.15) is 49.4 Å². The lowest BCUT2D eigenvalue weighted by molar-refractivity contribution is -0.134. The number of hydrogen-bond acceptors (Lipinski definition) is 6. The third kappa shape index (κ3) is 7.57. The third-order valence-electron chi connectivity index (χ3n) is 6.32. The van der Waals surface area contributed by atoms with E-state index in [0.29, 0.717) is 42.9 Å². The van der Waals surface area contributed by atoms with Crippen molar-refractivity contribution in [3.63, 3.8) is 0 Å². The summed E-state index contributed by atoms with van der Waals surface area (Å²) in [4.78, 5) is 41.4. The molecule has 1 saturated heterocycles. The van der Waals surface area contributed by atoms with Crippen molar-refractivity contribution in [3.05, 3.63) is 23.8 Å². The van der Waals surface area contributed by atoms with E-state index in [9.17, 15) is 14.4 Å². The van der Waals surface area contributed by atoms with Gasteiger partial charge in [0.15, 0.2) is 0 Å². The Balaban J connectivity index is 1.60. The van der Waals surface area contributed by atoms with Gasteiger partial charge in [0, 0.05) is 25.8 Å². The van der Waals surface area contributed by atoms with Crippen LogP contribution in [-0.4, -0.2) is 93.3 Å². The summed E-state index contributed by atoms with van der Waals surface area (Å²) in [6.45, 7) is 4.39. The van der Waals surface area contributed by atoms with Gasteiger partial charge in [-0.1, -0.05) is 6.92 Å². The summed E-state index contributed by atoms with van der Waals surface area (Å²) in [6.07, 6.45) is 2.92. The van der Waals surface area contributed by atoms with E-state index < -0.39 is 0 Å². The first-order chi connectivity index (χ1) is 16.8. The van der Waals surface area contributed by atoms with Crippen molar-refractivity contribution >= 4 is 23.5 Å². The molecule has 0 saturated carbocycles. The number of ether oxygens (including phenoxy) is 2. The number of nitrogens with one attached hydrogen (secondary N) is 3. The quantitative estimate of drug-likeness (QED) is 0.458. The number of likely N-dealkylation sites (N-methyl/N-ethyl adjacent to an activating group) is 1. The second-order valence-electron chi connectivity index (χ2n) is 9.47. The van der Waals surface area contributed by atoms with Crippen LogP contribution in [0.3, 0.4) is 0 Å². The van der Waals surface area contributed by atoms with Gasteiger partial charge in [0.2, 0.25) is 5.91 Å². The molecule has 0 aromatic heterocycles. The zero-order valence-corrected chi connectivity index (χ0v) is 21.3. The number of rotatable bonds is 9. The van der Waals surface area contributed by atoms with E-state index in [1.54, 1.807) is 30.1 Å². The third-order valence-corrected chi connectivity index (χ3v) is 6.32. The first-order valence-corrected chi connectivity index (χ1v) is 12.4. The molecule has 2 aliphatic heterocycles. The Kier molecular flexibility index (Phi) is 9.73. The molecular formula is C25H39N5O5. The van der Waals surface area contributed by atoms with Gasteiger partial charge in [-0.2, -0.15) is 0 Å². The molecular weight excluding hydrogens is 450 g/mol. The van der Waals surface area contributed by atoms with E-state index in [1.807, 2.05) is 21.0 Å². The van der Waals surface area contributed by atoms with Crippen LogP contribution in [0.2, 0.25) is 0 Å². The predicted octanol–water partition coefficient (Wildman–Crippen LogP) is 2.06. The van der Waals surface area contributed by atoms with Gasteiger partial charge in [-0.25, -0.2) is 4.79 Å². The average molecular weight is 490 g/mol. The van der Waals surface area contributed by atoms with E-state index in [2.05, 4.69) is 20.9 Å². The maximum absolute atomic E-state index is 13.3. The summed E-state index contributed by atoms with van der Waals surface area (Å²) in [5.74, 6) is 0.244. The first-order valence-electron chi connectivity index (χ1n) is 12.4. The molecule has 3 atom stereocenters. The van der Waals surface area contributed by atoms with Crippen molar-refractivity contribution in [3.8, 4) is 5.75 Å². The standard InChI is InChI=1S/C25H39N5O5/c1-5-11-27-25(33)28-17-7-10-21-19(14-17)24(32)30(4)20-9-8-18(35-22(20)16-34-21)15-23(31)26-12-6-13-29(2)3/h7,10,14,18,20,22H,5-6,8-9,11-13,15-16H2,1-4H3,(H,26,31)(H2,27,28,33)/t18-,20-,22-/m0/s1. The molecule has 1 aromatic carbocycles. The molecule has 0 radical (unpaired) electrons. The minimum atomic E-state index is -0.324. The summed E-state index contributed by atoms with van der Waals surface area (Å²) >= 11 is 0. The van der Waals surface area contributed by atoms with Gasteiger partial charge in [-0.15, -0.1) is 0 Å². The van der Waals surface area contributed by atoms with Gasteiger partial charge in [0.1, 0.15) is 18.5 Å². The van der Waals surface area contributed by atoms with Gasteiger partial charge >= 0.3 is 6.03 Å². The Hall–Kier alpha value is -2.85. The highest BCUT2D eigenvalue weighted by atomic mass is 16.5. The van der Waals surface area contributed by atoms with Crippen molar-refractivity contribution in [1.82, 2.24) is 20.4 Å². The summed E-state index contributed by atoms with van der Waals surface area (Å²) in [6, 6.07) is 4.58. The van der Waals surface area contributed by atoms with Crippen molar-refractivity contribution in [2.24, 2.45) is 0 Å². The molecule has 35 heavy (non-hydrogen) atoms. The highest BCUT2D eigenvalue weighted by Gasteiger charge is 2.39. The van der Waals surface area contributed by atoms with Crippen molar-refractivity contribution in [1.29, 1.82) is 0 Å². The second-order valence-corrected chi connectivity index (χ2v) is 9.47. The van der Waals surface area contributed by atoms with Crippen LogP contribution >= 0.6 is 0 Å². The number of urea groups is 1. The number of nitrogens with zero attached hydrogens (tertiary/aromatic N) is 2. The number of carbonyl (C=O) groups is 3. The Bertz CT molecular complexity index is 893. The summed E-state index contributed by atoms with van der Waals surface area (Å²) < 4.78 is 12.2. The molecule has 194 valence electrons. The molecule has 3 rings (SSSR count). The highest BCUT2D eigenvalue weighted by molar-refractivity contribution is 5.99. The number of amides is 4. The number of carbonyl (C=O) groups excluding carboxylic acids is 3. The van der Waals surface area contributed by atoms with Crippen LogP contribution in [0.25, 0.3) is 0 Å². The number of anilines is 1. The monoisotopic (exact) mass is 489 g/mol. The Morgan fingerprint density at radius 1 is 1.17 bits per heavy atom. The molecule has 0 spiro atoms. The molecule has 10 nitrogen and oxygen atoms in total. The van der Waals surface area contributed by atoms with Crippen molar-refractivity contribution in [2.45, 2.75) is 57.3 Å². The van der Waals surface area contributed by atoms with Crippen LogP contribution in [-0.2, 0) is 9.53 Å². The Labute approximate surface area is 207 Å². The molecule has 4 amide bonds. The molecule has 1 fully saturated rings. The lowest BCUT2D eigenvalue weighted by atomic mass is 9.94. The molecule has 0 unspecified atom stereocenters. The lowest BCUT2D eigenvalue weighted by Crippen LogP contribution is -2.54. The Morgan fingerprint density at radius 2 is 1.97 bits per heavy atom. The van der Waals surface area contributed by atoms with Gasteiger partial charge in [-0.05, 0) is 64.5 Å². The summed E-state index contributed by atoms with van der Waals surface area (Å²) in [5, 5.41) is 8.48. The van der Waals surface area contributed by atoms with E-state index in [-0.39, 0.29) is 42.7 Å². The van der Waals surface area contributed by atoms with E-state index in [4.69, 9.17) is 9.47 Å². The molecule has 1 aromatic rings. The molecule has 2 aliphatic rings. The minimum Gasteiger partial charge on any atom is -0.490 e. The molecule has 10 heteroatoms. The topological polar surface area (TPSA) is 112 Å². The second kappa shape index (κ2) is 12.7. The highest BCUT2D eigenvalue weighted by Crippen LogP contribution is 2.32. The zero-order chi connectivity index (χ0) is 25.4. The van der Waals surface area contributed by atoms with Crippen molar-refractivity contribution in [2.75, 3.05) is 52.7 Å². The van der Waals surface area contributed by atoms with E-state index in [0.717, 1.165) is 25.8 Å². The fraction of sp³-hybridized carbons (Fsp3) is 0.640. The smallest absolute Gasteiger partial charge is 0.319 e. The number of fused-ring (bicyclic) bond motifs is 2. The van der Waals surface area contributed by atoms with Gasteiger partial charge < -0.3 is 35.2 Å². The van der Waals surface area contributed by atoms with Gasteiger partial charge in [-0.3, -0.25) is 9.59 Å². The molecule has 0 bridgehead atoms. The normalized spacial score (nSPS) is 21.8.